The lowest BCUT2D eigenvalue weighted by atomic mass is 9.96. The van der Waals surface area contributed by atoms with Gasteiger partial charge < -0.3 is 15.0 Å². The molecule has 2 N–H and O–H groups in total. The van der Waals surface area contributed by atoms with Crippen LogP contribution in [0, 0.1) is 0 Å². The highest BCUT2D eigenvalue weighted by atomic mass is 16.3. The number of hydrogen-bond donors (Lipinski definition) is 2. The molecule has 0 aliphatic heterocycles. The van der Waals surface area contributed by atoms with Crippen LogP contribution in [0.3, 0.4) is 0 Å². The standard InChI is InChI=1S/C21H25N5O/c1-6-16-17(13-7-9-14(10-8-13)21(2,3)27)24-19-18(16)26-15(11-22-19)12-23-20(26)25(4)5/h7-12,24,27H,6H2,1-5H3. The third-order valence-corrected chi connectivity index (χ3v) is 5.01. The summed E-state index contributed by atoms with van der Waals surface area (Å²) in [5.41, 5.74) is 6.29. The van der Waals surface area contributed by atoms with Gasteiger partial charge in [0.15, 0.2) is 5.65 Å². The highest BCUT2D eigenvalue weighted by molar-refractivity contribution is 5.88. The summed E-state index contributed by atoms with van der Waals surface area (Å²) in [7, 11) is 3.99. The number of fused-ring (bicyclic) bond motifs is 3. The Hall–Kier alpha value is -2.86. The maximum Gasteiger partial charge on any atom is 0.210 e. The van der Waals surface area contributed by atoms with Crippen molar-refractivity contribution in [2.24, 2.45) is 0 Å². The number of nitrogens with zero attached hydrogens (tertiary/aromatic N) is 4. The maximum atomic E-state index is 10.2. The number of rotatable bonds is 4. The molecule has 1 aromatic carbocycles. The lowest BCUT2D eigenvalue weighted by molar-refractivity contribution is 0.0786. The fourth-order valence-corrected chi connectivity index (χ4v) is 3.61. The average molecular weight is 363 g/mol. The zero-order valence-corrected chi connectivity index (χ0v) is 16.4. The number of aryl methyl sites for hydroxylation is 1. The van der Waals surface area contributed by atoms with Crippen molar-refractivity contribution in [2.45, 2.75) is 32.8 Å². The number of hydrogen-bond acceptors (Lipinski definition) is 4. The normalized spacial score (nSPS) is 12.2. The first-order chi connectivity index (χ1) is 12.8. The van der Waals surface area contributed by atoms with Gasteiger partial charge in [-0.05, 0) is 31.4 Å². The molecule has 0 bridgehead atoms. The molecule has 0 fully saturated rings. The first-order valence-corrected chi connectivity index (χ1v) is 9.19. The third kappa shape index (κ3) is 2.77. The molecule has 0 amide bonds. The summed E-state index contributed by atoms with van der Waals surface area (Å²) in [6, 6.07) is 8.06. The number of nitrogens with one attached hydrogen (secondary N) is 1. The molecular weight excluding hydrogens is 338 g/mol. The van der Waals surface area contributed by atoms with Crippen molar-refractivity contribution in [1.29, 1.82) is 0 Å². The zero-order valence-electron chi connectivity index (χ0n) is 16.4. The second kappa shape index (κ2) is 6.09. The van der Waals surface area contributed by atoms with Gasteiger partial charge in [-0.25, -0.2) is 9.97 Å². The average Bonchev–Trinajstić information content (AvgIpc) is 3.21. The van der Waals surface area contributed by atoms with E-state index in [1.54, 1.807) is 13.8 Å². The Balaban J connectivity index is 1.97. The second-order valence-electron chi connectivity index (χ2n) is 7.64. The van der Waals surface area contributed by atoms with Gasteiger partial charge >= 0.3 is 0 Å². The summed E-state index contributed by atoms with van der Waals surface area (Å²) in [4.78, 5) is 14.7. The van der Waals surface area contributed by atoms with Crippen LogP contribution < -0.4 is 4.90 Å². The molecule has 0 radical (unpaired) electrons. The summed E-state index contributed by atoms with van der Waals surface area (Å²) in [6.45, 7) is 5.75. The van der Waals surface area contributed by atoms with E-state index in [-0.39, 0.29) is 0 Å². The highest BCUT2D eigenvalue weighted by Crippen LogP contribution is 2.33. The molecule has 140 valence electrons. The lowest BCUT2D eigenvalue weighted by Gasteiger charge is -2.18. The number of aromatic nitrogens is 4. The minimum absolute atomic E-state index is 0.849. The number of benzene rings is 1. The summed E-state index contributed by atoms with van der Waals surface area (Å²) in [5.74, 6) is 0.884. The van der Waals surface area contributed by atoms with E-state index in [1.807, 2.05) is 43.5 Å². The molecule has 0 unspecified atom stereocenters. The predicted octanol–water partition coefficient (Wildman–Crippen LogP) is 3.73. The summed E-state index contributed by atoms with van der Waals surface area (Å²) < 4.78 is 2.16. The maximum absolute atomic E-state index is 10.2. The molecular formula is C21H25N5O. The molecule has 0 aliphatic rings. The molecule has 4 aromatic rings. The SMILES string of the molecule is CCc1c(-c2ccc(C(C)(C)O)cc2)[nH]c2ncc3cnc(N(C)C)n3c12. The molecule has 0 saturated heterocycles. The van der Waals surface area contributed by atoms with Crippen molar-refractivity contribution in [3.63, 3.8) is 0 Å². The summed E-state index contributed by atoms with van der Waals surface area (Å²) >= 11 is 0. The van der Waals surface area contributed by atoms with Crippen molar-refractivity contribution in [2.75, 3.05) is 19.0 Å². The van der Waals surface area contributed by atoms with E-state index in [2.05, 4.69) is 38.4 Å². The van der Waals surface area contributed by atoms with Crippen LogP contribution in [-0.2, 0) is 12.0 Å². The fourth-order valence-electron chi connectivity index (χ4n) is 3.61. The highest BCUT2D eigenvalue weighted by Gasteiger charge is 2.20. The van der Waals surface area contributed by atoms with E-state index in [0.717, 1.165) is 45.9 Å². The number of anilines is 1. The number of aromatic amines is 1. The number of H-pyrrole nitrogens is 1. The van der Waals surface area contributed by atoms with Gasteiger partial charge in [0.05, 0.1) is 34.7 Å². The lowest BCUT2D eigenvalue weighted by Crippen LogP contribution is -2.14. The van der Waals surface area contributed by atoms with E-state index < -0.39 is 5.60 Å². The topological polar surface area (TPSA) is 69.4 Å². The minimum atomic E-state index is -0.849. The second-order valence-corrected chi connectivity index (χ2v) is 7.64. The van der Waals surface area contributed by atoms with E-state index in [4.69, 9.17) is 0 Å². The van der Waals surface area contributed by atoms with Crippen LogP contribution in [0.15, 0.2) is 36.7 Å². The van der Waals surface area contributed by atoms with E-state index in [1.165, 1.54) is 5.56 Å². The van der Waals surface area contributed by atoms with Gasteiger partial charge in [-0.2, -0.15) is 0 Å². The van der Waals surface area contributed by atoms with Gasteiger partial charge in [0.1, 0.15) is 0 Å². The van der Waals surface area contributed by atoms with Crippen molar-refractivity contribution >= 4 is 22.6 Å². The first-order valence-electron chi connectivity index (χ1n) is 9.19. The Morgan fingerprint density at radius 3 is 2.37 bits per heavy atom. The molecule has 4 rings (SSSR count). The smallest absolute Gasteiger partial charge is 0.210 e. The van der Waals surface area contributed by atoms with E-state index in [0.29, 0.717) is 0 Å². The van der Waals surface area contributed by atoms with Gasteiger partial charge in [-0.3, -0.25) is 4.40 Å². The zero-order chi connectivity index (χ0) is 19.3. The summed E-state index contributed by atoms with van der Waals surface area (Å²) in [5, 5.41) is 10.2. The van der Waals surface area contributed by atoms with Crippen LogP contribution >= 0.6 is 0 Å². The molecule has 27 heavy (non-hydrogen) atoms. The van der Waals surface area contributed by atoms with Crippen molar-refractivity contribution in [3.8, 4) is 11.3 Å². The molecule has 6 nitrogen and oxygen atoms in total. The molecule has 0 spiro atoms. The van der Waals surface area contributed by atoms with Crippen molar-refractivity contribution < 1.29 is 5.11 Å². The molecule has 6 heteroatoms. The van der Waals surface area contributed by atoms with Crippen LogP contribution in [0.2, 0.25) is 0 Å². The van der Waals surface area contributed by atoms with Crippen molar-refractivity contribution in [3.05, 3.63) is 47.8 Å². The monoisotopic (exact) mass is 363 g/mol. The third-order valence-electron chi connectivity index (χ3n) is 5.01. The molecule has 3 heterocycles. The summed E-state index contributed by atoms with van der Waals surface area (Å²) in [6.07, 6.45) is 4.57. The van der Waals surface area contributed by atoms with Gasteiger partial charge in [-0.1, -0.05) is 31.2 Å². The number of imidazole rings is 1. The quantitative estimate of drug-likeness (QED) is 0.580. The Bertz CT molecular complexity index is 1110. The molecule has 0 atom stereocenters. The van der Waals surface area contributed by atoms with E-state index in [9.17, 15) is 5.11 Å². The van der Waals surface area contributed by atoms with Crippen LogP contribution in [-0.4, -0.2) is 38.6 Å². The molecule has 0 saturated carbocycles. The molecule has 3 aromatic heterocycles. The van der Waals surface area contributed by atoms with Crippen LogP contribution in [0.25, 0.3) is 27.9 Å². The molecule has 0 aliphatic carbocycles. The van der Waals surface area contributed by atoms with Gasteiger partial charge in [0, 0.05) is 19.7 Å². The Morgan fingerprint density at radius 1 is 1.11 bits per heavy atom. The van der Waals surface area contributed by atoms with Gasteiger partial charge in [0.2, 0.25) is 5.95 Å². The number of aliphatic hydroxyl groups is 1. The van der Waals surface area contributed by atoms with Crippen LogP contribution in [0.5, 0.6) is 0 Å². The predicted molar refractivity (Wildman–Crippen MR) is 109 cm³/mol. The van der Waals surface area contributed by atoms with Gasteiger partial charge in [-0.15, -0.1) is 0 Å². The largest absolute Gasteiger partial charge is 0.386 e. The van der Waals surface area contributed by atoms with Crippen molar-refractivity contribution in [1.82, 2.24) is 19.4 Å². The minimum Gasteiger partial charge on any atom is -0.386 e. The Labute approximate surface area is 158 Å². The van der Waals surface area contributed by atoms with E-state index >= 15 is 0 Å². The first kappa shape index (κ1) is 17.5. The fraction of sp³-hybridized carbons (Fsp3) is 0.333. The van der Waals surface area contributed by atoms with Gasteiger partial charge in [0.25, 0.3) is 0 Å². The van der Waals surface area contributed by atoms with Crippen LogP contribution in [0.4, 0.5) is 5.95 Å². The van der Waals surface area contributed by atoms with Crippen LogP contribution in [0.1, 0.15) is 31.9 Å². The Kier molecular flexibility index (Phi) is 3.96. The Morgan fingerprint density at radius 2 is 1.78 bits per heavy atom.